The molecule has 4 heteroatoms. The number of rotatable bonds is 8. The summed E-state index contributed by atoms with van der Waals surface area (Å²) in [5.41, 5.74) is 24.4. The molecule has 520 valence electrons. The maximum absolute atomic E-state index is 2.44. The molecule has 24 rings (SSSR count). The zero-order valence-electron chi connectivity index (χ0n) is 61.0. The molecule has 0 saturated heterocycles. The molecule has 112 heavy (non-hydrogen) atoms. The van der Waals surface area contributed by atoms with Crippen molar-refractivity contribution in [2.45, 2.75) is 0 Å². The van der Waals surface area contributed by atoms with Gasteiger partial charge in [-0.25, -0.2) is 0 Å². The molecular formula is C108H68N4. The number of para-hydroxylation sites is 8. The lowest BCUT2D eigenvalue weighted by Gasteiger charge is -2.18. The molecule has 0 unspecified atom stereocenters. The van der Waals surface area contributed by atoms with Gasteiger partial charge in [0.05, 0.1) is 61.2 Å². The van der Waals surface area contributed by atoms with Crippen LogP contribution in [0.1, 0.15) is 0 Å². The van der Waals surface area contributed by atoms with Crippen LogP contribution in [0.15, 0.2) is 413 Å². The van der Waals surface area contributed by atoms with Crippen LogP contribution < -0.4 is 0 Å². The van der Waals surface area contributed by atoms with Gasteiger partial charge in [0.2, 0.25) is 0 Å². The van der Waals surface area contributed by atoms with Crippen molar-refractivity contribution in [1.29, 1.82) is 0 Å². The van der Waals surface area contributed by atoms with Crippen LogP contribution in [0.2, 0.25) is 0 Å². The predicted molar refractivity (Wildman–Crippen MR) is 477 cm³/mol. The summed E-state index contributed by atoms with van der Waals surface area (Å²) in [6.45, 7) is 0. The lowest BCUT2D eigenvalue weighted by atomic mass is 9.89. The quantitative estimate of drug-likeness (QED) is 0.144. The first-order valence-corrected chi connectivity index (χ1v) is 38.7. The standard InChI is InChI=1S/2C54H34N2/c1-3-17-43-39(15-1)41(31-33-53(43)55-49-27-9-5-19-45(49)46-20-6-10-28-50(46)55)37-25-13-24-36-35(37)23-14-26-38(36)42-32-34-54(44-18-4-2-16-40(42)44)56-51-29-11-7-21-47(51)48-22-8-12-30-52(48)56;1-2-14-45-43(13-1)44(31-32-54(45)56-52-25-9-5-17-48(52)49-18-6-10-26-53(49)56)42-22-12-20-40-39(19-11-21-41(40)42)37-28-27-36-34-38(30-29-35(36)33-37)55-50-23-7-3-15-46(50)47-16-4-8-24-51(47)55/h2*1-34H. The largest absolute Gasteiger partial charge is 0.309 e. The van der Waals surface area contributed by atoms with Gasteiger partial charge in [-0.05, 0) is 178 Å². The SMILES string of the molecule is c1cc(-c2ccc(-n3c4ccccc4c4ccccc43)c3ccccc23)c2cccc(-c3ccc(-n4c5ccccc5c5ccccc54)c4ccccc34)c2c1.c1cc(-c2ccc(-n3c4ccccc4c4ccccc43)c3ccccc23)c2cccc(-c3ccc4cc(-n5c6ccccc6c6ccccc65)ccc4c3)c2c1. The summed E-state index contributed by atoms with van der Waals surface area (Å²) in [5.74, 6) is 0. The van der Waals surface area contributed by atoms with Crippen LogP contribution >= 0.6 is 0 Å². The topological polar surface area (TPSA) is 19.7 Å². The number of benzene rings is 20. The van der Waals surface area contributed by atoms with E-state index in [4.69, 9.17) is 0 Å². The Labute approximate surface area is 645 Å². The van der Waals surface area contributed by atoms with Crippen LogP contribution in [0.4, 0.5) is 0 Å². The first-order valence-electron chi connectivity index (χ1n) is 38.7. The molecule has 20 aromatic carbocycles. The molecule has 0 aliphatic rings. The Hall–Kier alpha value is -14.8. The van der Waals surface area contributed by atoms with E-state index >= 15 is 0 Å². The van der Waals surface area contributed by atoms with Gasteiger partial charge in [0.1, 0.15) is 0 Å². The summed E-state index contributed by atoms with van der Waals surface area (Å²) in [5, 5.41) is 25.1. The number of nitrogens with zero attached hydrogens (tertiary/aromatic N) is 4. The first-order chi connectivity index (χ1) is 55.6. The second-order valence-corrected chi connectivity index (χ2v) is 29.7. The molecular weight excluding hydrogens is 1350 g/mol. The summed E-state index contributed by atoms with van der Waals surface area (Å²) < 4.78 is 9.70. The molecule has 4 aromatic heterocycles. The predicted octanol–water partition coefficient (Wildman–Crippen LogP) is 29.3. The van der Waals surface area contributed by atoms with E-state index in [9.17, 15) is 0 Å². The van der Waals surface area contributed by atoms with Crippen molar-refractivity contribution in [2.24, 2.45) is 0 Å². The van der Waals surface area contributed by atoms with Crippen LogP contribution in [0.25, 0.3) is 219 Å². The normalized spacial score (nSPS) is 11.9. The highest BCUT2D eigenvalue weighted by molar-refractivity contribution is 6.19. The molecule has 24 aromatic rings. The monoisotopic (exact) mass is 1420 g/mol. The molecule has 0 aliphatic carbocycles. The van der Waals surface area contributed by atoms with E-state index in [1.54, 1.807) is 0 Å². The smallest absolute Gasteiger partial charge is 0.0541 e. The Bertz CT molecular complexity index is 7580. The van der Waals surface area contributed by atoms with E-state index < -0.39 is 0 Å². The lowest BCUT2D eigenvalue weighted by Crippen LogP contribution is -1.97. The fraction of sp³-hybridized carbons (Fsp3) is 0. The van der Waals surface area contributed by atoms with Crippen molar-refractivity contribution in [2.75, 3.05) is 0 Å². The number of hydrogen-bond acceptors (Lipinski definition) is 0. The number of fused-ring (bicyclic) bond motifs is 18. The lowest BCUT2D eigenvalue weighted by molar-refractivity contribution is 1.19. The zero-order valence-corrected chi connectivity index (χ0v) is 61.0. The highest BCUT2D eigenvalue weighted by atomic mass is 15.0. The van der Waals surface area contributed by atoms with E-state index in [1.807, 2.05) is 0 Å². The summed E-state index contributed by atoms with van der Waals surface area (Å²) >= 11 is 0. The van der Waals surface area contributed by atoms with Crippen molar-refractivity contribution < 1.29 is 0 Å². The Kier molecular flexibility index (Phi) is 14.3. The molecule has 0 spiro atoms. The Balaban J connectivity index is 0.000000134. The molecule has 4 nitrogen and oxygen atoms in total. The first kappa shape index (κ1) is 63.3. The van der Waals surface area contributed by atoms with Crippen molar-refractivity contribution >= 4 is 152 Å². The van der Waals surface area contributed by atoms with Gasteiger partial charge >= 0.3 is 0 Å². The number of aromatic nitrogens is 4. The number of hydrogen-bond donors (Lipinski definition) is 0. The van der Waals surface area contributed by atoms with Crippen LogP contribution in [0.3, 0.4) is 0 Å². The molecule has 0 radical (unpaired) electrons. The average molecular weight is 1420 g/mol. The van der Waals surface area contributed by atoms with Crippen LogP contribution in [0, 0.1) is 0 Å². The minimum absolute atomic E-state index is 1.17. The van der Waals surface area contributed by atoms with Crippen molar-refractivity contribution in [1.82, 2.24) is 18.3 Å². The summed E-state index contributed by atoms with van der Waals surface area (Å²) in [4.78, 5) is 0. The van der Waals surface area contributed by atoms with E-state index in [2.05, 4.69) is 431 Å². The van der Waals surface area contributed by atoms with Crippen molar-refractivity contribution in [3.05, 3.63) is 413 Å². The molecule has 0 amide bonds. The van der Waals surface area contributed by atoms with Crippen molar-refractivity contribution in [3.63, 3.8) is 0 Å². The summed E-state index contributed by atoms with van der Waals surface area (Å²) in [6, 6.07) is 151. The Morgan fingerprint density at radius 3 is 0.652 bits per heavy atom. The third-order valence-corrected chi connectivity index (χ3v) is 23.9. The second-order valence-electron chi connectivity index (χ2n) is 29.7. The van der Waals surface area contributed by atoms with E-state index in [-0.39, 0.29) is 0 Å². The molecule has 0 N–H and O–H groups in total. The third kappa shape index (κ3) is 9.68. The maximum Gasteiger partial charge on any atom is 0.0541 e. The van der Waals surface area contributed by atoms with E-state index in [1.165, 1.54) is 219 Å². The van der Waals surface area contributed by atoms with Crippen LogP contribution in [-0.2, 0) is 0 Å². The second kappa shape index (κ2) is 25.4. The van der Waals surface area contributed by atoms with Gasteiger partial charge in [0.25, 0.3) is 0 Å². The van der Waals surface area contributed by atoms with Gasteiger partial charge < -0.3 is 18.3 Å². The minimum Gasteiger partial charge on any atom is -0.309 e. The molecule has 0 fully saturated rings. The fourth-order valence-corrected chi connectivity index (χ4v) is 19.0. The summed E-state index contributed by atoms with van der Waals surface area (Å²) in [6.07, 6.45) is 0. The van der Waals surface area contributed by atoms with Gasteiger partial charge in [-0.15, -0.1) is 0 Å². The van der Waals surface area contributed by atoms with Gasteiger partial charge in [-0.3, -0.25) is 0 Å². The van der Waals surface area contributed by atoms with Gasteiger partial charge in [-0.2, -0.15) is 0 Å². The van der Waals surface area contributed by atoms with Gasteiger partial charge in [0, 0.05) is 64.9 Å². The van der Waals surface area contributed by atoms with Gasteiger partial charge in [0.15, 0.2) is 0 Å². The molecule has 0 aliphatic heterocycles. The average Bonchev–Trinajstić information content (AvgIpc) is 1.51. The minimum atomic E-state index is 1.17. The summed E-state index contributed by atoms with van der Waals surface area (Å²) in [7, 11) is 0. The third-order valence-electron chi connectivity index (χ3n) is 23.9. The van der Waals surface area contributed by atoms with Crippen LogP contribution in [-0.4, -0.2) is 18.3 Å². The molecule has 0 bridgehead atoms. The Morgan fingerprint density at radius 1 is 0.125 bits per heavy atom. The highest BCUT2D eigenvalue weighted by Gasteiger charge is 2.23. The van der Waals surface area contributed by atoms with E-state index in [0.717, 1.165) is 0 Å². The van der Waals surface area contributed by atoms with E-state index in [0.29, 0.717) is 0 Å². The van der Waals surface area contributed by atoms with Crippen molar-refractivity contribution in [3.8, 4) is 67.3 Å². The van der Waals surface area contributed by atoms with Crippen LogP contribution in [0.5, 0.6) is 0 Å². The Morgan fingerprint density at radius 2 is 0.339 bits per heavy atom. The van der Waals surface area contributed by atoms with Gasteiger partial charge in [-0.1, -0.05) is 328 Å². The highest BCUT2D eigenvalue weighted by Crippen LogP contribution is 2.47. The molecule has 0 atom stereocenters. The molecule has 0 saturated carbocycles. The zero-order chi connectivity index (χ0) is 73.5. The maximum atomic E-state index is 2.44. The molecule has 4 heterocycles. The fourth-order valence-electron chi connectivity index (χ4n) is 19.0.